The lowest BCUT2D eigenvalue weighted by Crippen LogP contribution is -2.36. The first kappa shape index (κ1) is 32.8. The second-order valence-electron chi connectivity index (χ2n) is 14.7. The molecule has 4 aromatic carbocycles. The van der Waals surface area contributed by atoms with Gasteiger partial charge in [-0.1, -0.05) is 82.3 Å². The highest BCUT2D eigenvalue weighted by Crippen LogP contribution is 2.55. The molecular weight excluding hydrogens is 665 g/mol. The lowest BCUT2D eigenvalue weighted by molar-refractivity contribution is 0.477. The van der Waals surface area contributed by atoms with E-state index in [-0.39, 0.29) is 5.41 Å². The summed E-state index contributed by atoms with van der Waals surface area (Å²) in [6.07, 6.45) is 6.80. The molecule has 0 bridgehead atoms. The summed E-state index contributed by atoms with van der Waals surface area (Å²) in [5, 5.41) is 10.8. The molecule has 3 aromatic heterocycles. The summed E-state index contributed by atoms with van der Waals surface area (Å²) < 4.78 is 6.32. The third kappa shape index (κ3) is 4.90. The van der Waals surface area contributed by atoms with Crippen molar-refractivity contribution >= 4 is 22.7 Å². The van der Waals surface area contributed by atoms with Gasteiger partial charge in [-0.3, -0.25) is 15.0 Å². The first-order chi connectivity index (χ1) is 26.2. The molecule has 2 aliphatic rings. The molecule has 0 atom stereocenters. The molecule has 0 N–H and O–H groups in total. The predicted octanol–water partition coefficient (Wildman–Crippen LogP) is 11.8. The Labute approximate surface area is 314 Å². The van der Waals surface area contributed by atoms with Crippen molar-refractivity contribution in [2.24, 2.45) is 0 Å². The molecule has 9 rings (SSSR count). The van der Waals surface area contributed by atoms with Crippen molar-refractivity contribution in [2.75, 3.05) is 4.90 Å². The van der Waals surface area contributed by atoms with Gasteiger partial charge < -0.3 is 9.64 Å². The molecule has 7 nitrogen and oxygen atoms in total. The molecule has 54 heavy (non-hydrogen) atoms. The molecule has 0 amide bonds. The molecule has 0 unspecified atom stereocenters. The SMILES string of the molecule is [C-]#[N+]c1c(-c2cccnc2)nc(-c2cccnc2)c(C#N)c1-c1ccc2c(c1)C(C)(C)c1ccc(N3c4ccccc4Oc4ccccc43)cc1C2(C)C. The van der Waals surface area contributed by atoms with Gasteiger partial charge in [-0.2, -0.15) is 5.26 Å². The van der Waals surface area contributed by atoms with Gasteiger partial charge in [0, 0.05) is 58.0 Å². The van der Waals surface area contributed by atoms with Crippen molar-refractivity contribution in [1.82, 2.24) is 15.0 Å². The smallest absolute Gasteiger partial charge is 0.221 e. The highest BCUT2D eigenvalue weighted by atomic mass is 16.5. The number of nitriles is 1. The van der Waals surface area contributed by atoms with Gasteiger partial charge in [0.1, 0.15) is 6.07 Å². The van der Waals surface area contributed by atoms with E-state index in [1.807, 2.05) is 60.7 Å². The van der Waals surface area contributed by atoms with Crippen molar-refractivity contribution in [3.63, 3.8) is 0 Å². The number of hydrogen-bond donors (Lipinski definition) is 0. The van der Waals surface area contributed by atoms with E-state index in [9.17, 15) is 5.26 Å². The zero-order chi connectivity index (χ0) is 37.2. The second kappa shape index (κ2) is 12.3. The average molecular weight is 699 g/mol. The van der Waals surface area contributed by atoms with Crippen LogP contribution in [0.15, 0.2) is 134 Å². The molecule has 7 aromatic rings. The lowest BCUT2D eigenvalue weighted by atomic mass is 9.59. The van der Waals surface area contributed by atoms with Crippen LogP contribution in [0.4, 0.5) is 22.7 Å². The molecular formula is C47H34N6O. The molecule has 0 radical (unpaired) electrons. The molecule has 258 valence electrons. The summed E-state index contributed by atoms with van der Waals surface area (Å²) in [6.45, 7) is 17.5. The third-order valence-corrected chi connectivity index (χ3v) is 11.0. The van der Waals surface area contributed by atoms with Gasteiger partial charge in [-0.25, -0.2) is 4.85 Å². The van der Waals surface area contributed by atoms with E-state index in [1.54, 1.807) is 24.8 Å². The van der Waals surface area contributed by atoms with Crippen LogP contribution in [0, 0.1) is 17.9 Å². The van der Waals surface area contributed by atoms with Crippen molar-refractivity contribution in [2.45, 2.75) is 38.5 Å². The minimum Gasteiger partial charge on any atom is -0.453 e. The van der Waals surface area contributed by atoms with Gasteiger partial charge in [-0.05, 0) is 82.4 Å². The number of ether oxygens (including phenoxy) is 1. The number of benzene rings is 4. The first-order valence-corrected chi connectivity index (χ1v) is 17.8. The normalized spacial score (nSPS) is 14.3. The molecule has 1 aliphatic carbocycles. The maximum Gasteiger partial charge on any atom is 0.221 e. The fourth-order valence-corrected chi connectivity index (χ4v) is 8.26. The van der Waals surface area contributed by atoms with Crippen LogP contribution in [0.5, 0.6) is 11.5 Å². The Morgan fingerprint density at radius 3 is 1.80 bits per heavy atom. The number of para-hydroxylation sites is 4. The van der Waals surface area contributed by atoms with Gasteiger partial charge in [0.25, 0.3) is 0 Å². The number of nitrogens with zero attached hydrogens (tertiary/aromatic N) is 6. The van der Waals surface area contributed by atoms with Crippen molar-refractivity contribution in [3.05, 3.63) is 173 Å². The zero-order valence-electron chi connectivity index (χ0n) is 30.3. The fourth-order valence-electron chi connectivity index (χ4n) is 8.26. The Kier molecular flexibility index (Phi) is 7.44. The van der Waals surface area contributed by atoms with Crippen LogP contribution in [-0.2, 0) is 10.8 Å². The van der Waals surface area contributed by atoms with Gasteiger partial charge in [0.2, 0.25) is 5.69 Å². The zero-order valence-corrected chi connectivity index (χ0v) is 30.3. The van der Waals surface area contributed by atoms with E-state index < -0.39 is 5.41 Å². The van der Waals surface area contributed by atoms with Crippen molar-refractivity contribution in [3.8, 4) is 51.2 Å². The van der Waals surface area contributed by atoms with Crippen LogP contribution in [0.1, 0.15) is 55.5 Å². The minimum atomic E-state index is -0.411. The van der Waals surface area contributed by atoms with Crippen LogP contribution in [-0.4, -0.2) is 15.0 Å². The van der Waals surface area contributed by atoms with Gasteiger partial charge in [-0.15, -0.1) is 0 Å². The third-order valence-electron chi connectivity index (χ3n) is 11.0. The highest BCUT2D eigenvalue weighted by Gasteiger charge is 2.42. The standard InChI is InChI=1S/C47H34N6O/c1-46(2)35-21-19-32(53-38-14-6-8-16-40(38)54-41-17-9-7-15-39(41)53)25-37(35)47(3,4)34-20-18-29(24-36(34)46)42-33(26-48)43(30-12-10-22-50-27-30)52-44(45(42)49-5)31-13-11-23-51-28-31/h6-25,27-28H,1-4H3. The number of fused-ring (bicyclic) bond motifs is 4. The maximum atomic E-state index is 10.8. The summed E-state index contributed by atoms with van der Waals surface area (Å²) in [6, 6.07) is 39.4. The van der Waals surface area contributed by atoms with Gasteiger partial charge in [0.05, 0.1) is 34.9 Å². The molecule has 4 heterocycles. The van der Waals surface area contributed by atoms with Crippen LogP contribution < -0.4 is 9.64 Å². The molecule has 0 saturated carbocycles. The predicted molar refractivity (Wildman–Crippen MR) is 213 cm³/mol. The van der Waals surface area contributed by atoms with E-state index in [4.69, 9.17) is 16.3 Å². The van der Waals surface area contributed by atoms with E-state index in [0.717, 1.165) is 39.7 Å². The summed E-state index contributed by atoms with van der Waals surface area (Å²) >= 11 is 0. The second-order valence-corrected chi connectivity index (χ2v) is 14.7. The van der Waals surface area contributed by atoms with Gasteiger partial charge in [0.15, 0.2) is 11.5 Å². The molecule has 0 fully saturated rings. The van der Waals surface area contributed by atoms with E-state index in [0.29, 0.717) is 39.3 Å². The molecule has 7 heteroatoms. The summed E-state index contributed by atoms with van der Waals surface area (Å²) in [4.78, 5) is 19.9. The van der Waals surface area contributed by atoms with Gasteiger partial charge >= 0.3 is 0 Å². The Bertz CT molecular complexity index is 2600. The lowest BCUT2D eigenvalue weighted by Gasteiger charge is -2.45. The largest absolute Gasteiger partial charge is 0.453 e. The summed E-state index contributed by atoms with van der Waals surface area (Å²) in [7, 11) is 0. The highest BCUT2D eigenvalue weighted by molar-refractivity contribution is 5.96. The van der Waals surface area contributed by atoms with Crippen molar-refractivity contribution < 1.29 is 4.74 Å². The maximum absolute atomic E-state index is 10.8. The quantitative estimate of drug-likeness (QED) is 0.170. The van der Waals surface area contributed by atoms with Crippen LogP contribution in [0.3, 0.4) is 0 Å². The average Bonchev–Trinajstić information content (AvgIpc) is 3.21. The van der Waals surface area contributed by atoms with Crippen molar-refractivity contribution in [1.29, 1.82) is 5.26 Å². The topological polar surface area (TPSA) is 79.3 Å². The Hall–Kier alpha value is -7.09. The first-order valence-electron chi connectivity index (χ1n) is 17.8. The van der Waals surface area contributed by atoms with E-state index in [2.05, 4.69) is 102 Å². The minimum absolute atomic E-state index is 0.316. The molecule has 1 aliphatic heterocycles. The van der Waals surface area contributed by atoms with Crippen LogP contribution in [0.25, 0.3) is 38.5 Å². The van der Waals surface area contributed by atoms with Crippen LogP contribution >= 0.6 is 0 Å². The number of hydrogen-bond acceptors (Lipinski definition) is 6. The number of anilines is 3. The Morgan fingerprint density at radius 1 is 0.648 bits per heavy atom. The summed E-state index contributed by atoms with van der Waals surface area (Å²) in [5.74, 6) is 1.63. The van der Waals surface area contributed by atoms with E-state index in [1.165, 1.54) is 16.7 Å². The fraction of sp³-hybridized carbons (Fsp3) is 0.128. The summed E-state index contributed by atoms with van der Waals surface area (Å²) in [5.41, 5.74) is 11.4. The van der Waals surface area contributed by atoms with E-state index >= 15 is 0 Å². The number of rotatable bonds is 4. The molecule has 0 spiro atoms. The number of aromatic nitrogens is 3. The Morgan fingerprint density at radius 2 is 1.22 bits per heavy atom. The molecule has 0 saturated heterocycles. The Balaban J connectivity index is 1.23. The van der Waals surface area contributed by atoms with Crippen LogP contribution in [0.2, 0.25) is 0 Å². The monoisotopic (exact) mass is 698 g/mol. The number of pyridine rings is 3.